The van der Waals surface area contributed by atoms with Crippen molar-refractivity contribution in [2.45, 2.75) is 6.92 Å². The van der Waals surface area contributed by atoms with Crippen molar-refractivity contribution in [2.75, 3.05) is 17.8 Å². The number of anilines is 2. The molecule has 2 rings (SSSR count). The van der Waals surface area contributed by atoms with E-state index >= 15 is 0 Å². The summed E-state index contributed by atoms with van der Waals surface area (Å²) in [4.78, 5) is 3.87. The van der Waals surface area contributed by atoms with E-state index in [4.69, 9.17) is 10.5 Å². The molecule has 9 heteroatoms. The summed E-state index contributed by atoms with van der Waals surface area (Å²) in [6, 6.07) is 0.768. The molecule has 0 unspecified atom stereocenters. The highest BCUT2D eigenvalue weighted by Gasteiger charge is 2.18. The normalized spacial score (nSPS) is 11.0. The van der Waals surface area contributed by atoms with Crippen LogP contribution in [0.25, 0.3) is 0 Å². The van der Waals surface area contributed by atoms with Gasteiger partial charge in [0.15, 0.2) is 17.5 Å². The van der Waals surface area contributed by atoms with Gasteiger partial charge in [0.25, 0.3) is 0 Å². The van der Waals surface area contributed by atoms with E-state index in [0.717, 1.165) is 12.3 Å². The number of nitrogens with one attached hydrogen (secondary N) is 1. The highest BCUT2D eigenvalue weighted by Crippen LogP contribution is 2.25. The average Bonchev–Trinajstić information content (AvgIpc) is 2.86. The van der Waals surface area contributed by atoms with Gasteiger partial charge in [-0.25, -0.2) is 18.2 Å². The minimum Gasteiger partial charge on any atom is -0.493 e. The van der Waals surface area contributed by atoms with Crippen molar-refractivity contribution in [3.63, 3.8) is 0 Å². The van der Waals surface area contributed by atoms with Crippen molar-refractivity contribution >= 4 is 28.5 Å². The monoisotopic (exact) mass is 316 g/mol. The van der Waals surface area contributed by atoms with Crippen LogP contribution in [-0.2, 0) is 0 Å². The Morgan fingerprint density at radius 2 is 2.19 bits per heavy atom. The predicted molar refractivity (Wildman–Crippen MR) is 75.2 cm³/mol. The fraction of sp³-hybridized carbons (Fsp3) is 0.167. The first-order valence-electron chi connectivity index (χ1n) is 5.83. The summed E-state index contributed by atoms with van der Waals surface area (Å²) in [6.07, 6.45) is 0.987. The van der Waals surface area contributed by atoms with E-state index in [1.807, 2.05) is 0 Å². The highest BCUT2D eigenvalue weighted by atomic mass is 32.1. The molecule has 0 saturated heterocycles. The van der Waals surface area contributed by atoms with Gasteiger partial charge < -0.3 is 10.5 Å². The summed E-state index contributed by atoms with van der Waals surface area (Å²) < 4.78 is 45.2. The Bertz CT molecular complexity index is 675. The molecule has 21 heavy (non-hydrogen) atoms. The Morgan fingerprint density at radius 3 is 2.81 bits per heavy atom. The van der Waals surface area contributed by atoms with Crippen molar-refractivity contribution in [3.05, 3.63) is 34.5 Å². The molecule has 0 aliphatic carbocycles. The molecule has 2 aromatic rings. The zero-order valence-corrected chi connectivity index (χ0v) is 11.7. The van der Waals surface area contributed by atoms with Crippen LogP contribution in [0.1, 0.15) is 12.5 Å². The van der Waals surface area contributed by atoms with E-state index in [1.165, 1.54) is 11.3 Å². The Labute approximate surface area is 122 Å². The summed E-state index contributed by atoms with van der Waals surface area (Å²) in [6.45, 7) is 1.80. The number of rotatable bonds is 5. The molecule has 0 atom stereocenters. The lowest BCUT2D eigenvalue weighted by Crippen LogP contribution is -2.04. The number of hydrazone groups is 1. The van der Waals surface area contributed by atoms with Gasteiger partial charge >= 0.3 is 0 Å². The number of benzene rings is 1. The molecule has 0 amide bonds. The molecule has 0 saturated carbocycles. The molecule has 1 aromatic heterocycles. The summed E-state index contributed by atoms with van der Waals surface area (Å²) in [5, 5.41) is 5.67. The first-order valence-corrected chi connectivity index (χ1v) is 6.71. The fourth-order valence-corrected chi connectivity index (χ4v) is 2.02. The molecule has 1 heterocycles. The van der Waals surface area contributed by atoms with Crippen LogP contribution in [0.3, 0.4) is 0 Å². The summed E-state index contributed by atoms with van der Waals surface area (Å²) in [5.74, 6) is -4.11. The molecule has 5 nitrogen and oxygen atoms in total. The molecular formula is C12H11F3N4OS. The number of aromatic nitrogens is 1. The van der Waals surface area contributed by atoms with E-state index in [-0.39, 0.29) is 17.9 Å². The first-order chi connectivity index (χ1) is 10.0. The SMILES string of the molecule is CCOc1cc(F)c(F)c(F)c1C=NNc1nc(N)cs1. The van der Waals surface area contributed by atoms with Crippen LogP contribution < -0.4 is 15.9 Å². The highest BCUT2D eigenvalue weighted by molar-refractivity contribution is 7.14. The lowest BCUT2D eigenvalue weighted by atomic mass is 10.2. The summed E-state index contributed by atoms with van der Waals surface area (Å²) >= 11 is 1.19. The molecule has 0 fully saturated rings. The van der Waals surface area contributed by atoms with Gasteiger partial charge in [0, 0.05) is 11.4 Å². The number of thiazole rings is 1. The second-order valence-corrected chi connectivity index (χ2v) is 4.64. The Balaban J connectivity index is 2.27. The second kappa shape index (κ2) is 6.44. The standard InChI is InChI=1S/C12H11F3N4OS/c1-2-20-8-3-7(13)11(15)10(14)6(8)4-17-19-12-18-9(16)5-21-12/h3-5H,2,16H2,1H3,(H,18,19). The number of nitrogens with zero attached hydrogens (tertiary/aromatic N) is 2. The lowest BCUT2D eigenvalue weighted by Gasteiger charge is -2.09. The van der Waals surface area contributed by atoms with E-state index in [9.17, 15) is 13.2 Å². The Kier molecular flexibility index (Phi) is 4.63. The quantitative estimate of drug-likeness (QED) is 0.505. The van der Waals surface area contributed by atoms with Gasteiger partial charge in [0.2, 0.25) is 5.13 Å². The molecule has 0 bridgehead atoms. The van der Waals surface area contributed by atoms with Crippen LogP contribution in [0.5, 0.6) is 5.75 Å². The molecule has 0 radical (unpaired) electrons. The van der Waals surface area contributed by atoms with Gasteiger partial charge in [-0.1, -0.05) is 0 Å². The molecule has 112 valence electrons. The first kappa shape index (κ1) is 15.1. The summed E-state index contributed by atoms with van der Waals surface area (Å²) in [5.41, 5.74) is 7.63. The smallest absolute Gasteiger partial charge is 0.205 e. The third-order valence-corrected chi connectivity index (χ3v) is 3.10. The molecule has 3 N–H and O–H groups in total. The van der Waals surface area contributed by atoms with E-state index in [2.05, 4.69) is 15.5 Å². The van der Waals surface area contributed by atoms with Crippen LogP contribution >= 0.6 is 11.3 Å². The maximum Gasteiger partial charge on any atom is 0.205 e. The van der Waals surface area contributed by atoms with Gasteiger partial charge in [0.05, 0.1) is 18.4 Å². The number of ether oxygens (including phenoxy) is 1. The van der Waals surface area contributed by atoms with Crippen molar-refractivity contribution in [2.24, 2.45) is 5.10 Å². The van der Waals surface area contributed by atoms with E-state index in [0.29, 0.717) is 10.9 Å². The van der Waals surface area contributed by atoms with Crippen LogP contribution in [0.15, 0.2) is 16.5 Å². The zero-order chi connectivity index (χ0) is 15.4. The predicted octanol–water partition coefficient (Wildman–Crippen LogP) is 2.99. The number of hydrogen-bond donors (Lipinski definition) is 2. The van der Waals surface area contributed by atoms with Crippen LogP contribution in [0.2, 0.25) is 0 Å². The largest absolute Gasteiger partial charge is 0.493 e. The maximum absolute atomic E-state index is 13.7. The van der Waals surface area contributed by atoms with Crippen molar-refractivity contribution in [1.29, 1.82) is 0 Å². The minimum absolute atomic E-state index is 0.141. The van der Waals surface area contributed by atoms with Gasteiger partial charge in [-0.05, 0) is 6.92 Å². The van der Waals surface area contributed by atoms with Gasteiger partial charge in [-0.2, -0.15) is 5.10 Å². The van der Waals surface area contributed by atoms with Crippen LogP contribution in [0.4, 0.5) is 24.1 Å². The molecule has 1 aromatic carbocycles. The fourth-order valence-electron chi connectivity index (χ4n) is 1.47. The van der Waals surface area contributed by atoms with Gasteiger partial charge in [-0.15, -0.1) is 11.3 Å². The molecular weight excluding hydrogens is 305 g/mol. The van der Waals surface area contributed by atoms with E-state index in [1.54, 1.807) is 12.3 Å². The van der Waals surface area contributed by atoms with E-state index < -0.39 is 17.5 Å². The Morgan fingerprint density at radius 1 is 1.43 bits per heavy atom. The lowest BCUT2D eigenvalue weighted by molar-refractivity contribution is 0.330. The average molecular weight is 316 g/mol. The molecule has 0 aliphatic heterocycles. The van der Waals surface area contributed by atoms with Crippen molar-refractivity contribution < 1.29 is 17.9 Å². The summed E-state index contributed by atoms with van der Waals surface area (Å²) in [7, 11) is 0. The maximum atomic E-state index is 13.7. The number of nitrogens with two attached hydrogens (primary N) is 1. The second-order valence-electron chi connectivity index (χ2n) is 3.78. The minimum atomic E-state index is -1.58. The van der Waals surface area contributed by atoms with Gasteiger partial charge in [-0.3, -0.25) is 5.43 Å². The number of halogens is 3. The Hall–Kier alpha value is -2.29. The van der Waals surface area contributed by atoms with Crippen LogP contribution in [0, 0.1) is 17.5 Å². The molecule has 0 spiro atoms. The van der Waals surface area contributed by atoms with Crippen LogP contribution in [-0.4, -0.2) is 17.8 Å². The van der Waals surface area contributed by atoms with Crippen molar-refractivity contribution in [3.8, 4) is 5.75 Å². The molecule has 0 aliphatic rings. The number of hydrogen-bond acceptors (Lipinski definition) is 6. The van der Waals surface area contributed by atoms with Crippen molar-refractivity contribution in [1.82, 2.24) is 4.98 Å². The zero-order valence-electron chi connectivity index (χ0n) is 10.9. The van der Waals surface area contributed by atoms with Gasteiger partial charge in [0.1, 0.15) is 11.6 Å². The topological polar surface area (TPSA) is 72.5 Å². The number of nitrogen functional groups attached to an aromatic ring is 1. The third kappa shape index (κ3) is 3.43. The third-order valence-electron chi connectivity index (χ3n) is 2.34.